The Hall–Kier alpha value is -3.05. The molecule has 2 aliphatic rings. The lowest BCUT2D eigenvalue weighted by atomic mass is 9.73. The number of rotatable bonds is 5. The molecule has 6 heteroatoms. The monoisotopic (exact) mass is 479 g/mol. The van der Waals surface area contributed by atoms with Crippen LogP contribution < -0.4 is 10.1 Å². The fraction of sp³-hybridized carbons (Fsp3) is 0.357. The van der Waals surface area contributed by atoms with Gasteiger partial charge in [-0.2, -0.15) is 0 Å². The van der Waals surface area contributed by atoms with Gasteiger partial charge in [0.2, 0.25) is 0 Å². The number of hydrogen-bond acceptors (Lipinski definition) is 5. The first kappa shape index (κ1) is 24.1. The van der Waals surface area contributed by atoms with Crippen LogP contribution in [0.1, 0.15) is 59.9 Å². The molecule has 0 saturated carbocycles. The second kappa shape index (κ2) is 9.67. The first-order chi connectivity index (χ1) is 16.2. The highest BCUT2D eigenvalue weighted by molar-refractivity contribution is 6.30. The SMILES string of the molecule is COC(=O)C1=C(C)NC2=C(C(=O)CCC2)[C@@H]1c1cc(COc2ccc(Cl)cc2C)c(C)cc1C. The molecule has 0 bridgehead atoms. The Morgan fingerprint density at radius 3 is 2.53 bits per heavy atom. The molecule has 0 fully saturated rings. The summed E-state index contributed by atoms with van der Waals surface area (Å²) in [6, 6.07) is 9.73. The molecule has 1 aliphatic carbocycles. The number of ketones is 1. The Kier molecular flexibility index (Phi) is 6.85. The summed E-state index contributed by atoms with van der Waals surface area (Å²) >= 11 is 6.08. The second-order valence-electron chi connectivity index (χ2n) is 9.09. The first-order valence-corrected chi connectivity index (χ1v) is 11.9. The van der Waals surface area contributed by atoms with E-state index in [0.717, 1.165) is 57.8 Å². The average molecular weight is 480 g/mol. The number of ether oxygens (including phenoxy) is 2. The van der Waals surface area contributed by atoms with E-state index in [1.165, 1.54) is 7.11 Å². The van der Waals surface area contributed by atoms with E-state index in [1.807, 2.05) is 45.9 Å². The molecular formula is C28H30ClNO4. The molecule has 0 amide bonds. The predicted molar refractivity (Wildman–Crippen MR) is 133 cm³/mol. The molecular weight excluding hydrogens is 450 g/mol. The summed E-state index contributed by atoms with van der Waals surface area (Å²) < 4.78 is 11.3. The minimum absolute atomic E-state index is 0.0854. The summed E-state index contributed by atoms with van der Waals surface area (Å²) in [5.74, 6) is -0.0314. The molecule has 1 heterocycles. The summed E-state index contributed by atoms with van der Waals surface area (Å²) in [6.45, 7) is 8.27. The average Bonchev–Trinajstić information content (AvgIpc) is 2.78. The number of esters is 1. The lowest BCUT2D eigenvalue weighted by molar-refractivity contribution is -0.136. The smallest absolute Gasteiger partial charge is 0.336 e. The number of hydrogen-bond donors (Lipinski definition) is 1. The first-order valence-electron chi connectivity index (χ1n) is 11.5. The van der Waals surface area contributed by atoms with Crippen LogP contribution in [0.4, 0.5) is 0 Å². The zero-order valence-electron chi connectivity index (χ0n) is 20.3. The number of halogens is 1. The van der Waals surface area contributed by atoms with E-state index in [9.17, 15) is 9.59 Å². The zero-order valence-corrected chi connectivity index (χ0v) is 21.1. The van der Waals surface area contributed by atoms with Gasteiger partial charge in [0.25, 0.3) is 0 Å². The van der Waals surface area contributed by atoms with Crippen LogP contribution in [0.5, 0.6) is 5.75 Å². The van der Waals surface area contributed by atoms with Crippen LogP contribution in [0, 0.1) is 20.8 Å². The fourth-order valence-corrected chi connectivity index (χ4v) is 5.21. The molecule has 0 spiro atoms. The van der Waals surface area contributed by atoms with E-state index in [-0.39, 0.29) is 5.78 Å². The van der Waals surface area contributed by atoms with Crippen molar-refractivity contribution >= 4 is 23.4 Å². The number of allylic oxidation sites excluding steroid dienone is 3. The van der Waals surface area contributed by atoms with Gasteiger partial charge in [0, 0.05) is 34.3 Å². The Balaban J connectivity index is 1.79. The third-order valence-corrected chi connectivity index (χ3v) is 6.97. The van der Waals surface area contributed by atoms with Crippen molar-refractivity contribution in [3.63, 3.8) is 0 Å². The molecule has 0 unspecified atom stereocenters. The molecule has 4 rings (SSSR count). The Labute approximate surface area is 205 Å². The van der Waals surface area contributed by atoms with E-state index < -0.39 is 11.9 Å². The van der Waals surface area contributed by atoms with E-state index in [0.29, 0.717) is 29.2 Å². The van der Waals surface area contributed by atoms with Crippen molar-refractivity contribution < 1.29 is 19.1 Å². The number of nitrogens with one attached hydrogen (secondary N) is 1. The molecule has 2 aromatic rings. The minimum Gasteiger partial charge on any atom is -0.489 e. The molecule has 0 radical (unpaired) electrons. The van der Waals surface area contributed by atoms with Crippen molar-refractivity contribution in [3.8, 4) is 5.75 Å². The van der Waals surface area contributed by atoms with Gasteiger partial charge in [0.15, 0.2) is 5.78 Å². The zero-order chi connectivity index (χ0) is 24.6. The summed E-state index contributed by atoms with van der Waals surface area (Å²) in [4.78, 5) is 26.0. The van der Waals surface area contributed by atoms with Gasteiger partial charge in [-0.3, -0.25) is 4.79 Å². The van der Waals surface area contributed by atoms with Crippen molar-refractivity contribution in [1.82, 2.24) is 5.32 Å². The number of methoxy groups -OCH3 is 1. The van der Waals surface area contributed by atoms with Crippen LogP contribution in [0.2, 0.25) is 5.02 Å². The highest BCUT2D eigenvalue weighted by Crippen LogP contribution is 2.44. The van der Waals surface area contributed by atoms with Crippen LogP contribution in [0.3, 0.4) is 0 Å². The van der Waals surface area contributed by atoms with Crippen LogP contribution >= 0.6 is 11.6 Å². The van der Waals surface area contributed by atoms with E-state index in [1.54, 1.807) is 0 Å². The maximum absolute atomic E-state index is 13.1. The van der Waals surface area contributed by atoms with Crippen LogP contribution in [0.25, 0.3) is 0 Å². The molecule has 34 heavy (non-hydrogen) atoms. The minimum atomic E-state index is -0.465. The van der Waals surface area contributed by atoms with Gasteiger partial charge in [-0.15, -0.1) is 0 Å². The molecule has 0 aromatic heterocycles. The Morgan fingerprint density at radius 2 is 1.82 bits per heavy atom. The van der Waals surface area contributed by atoms with Crippen molar-refractivity contribution in [2.24, 2.45) is 0 Å². The molecule has 1 aliphatic heterocycles. The second-order valence-corrected chi connectivity index (χ2v) is 9.53. The lowest BCUT2D eigenvalue weighted by Gasteiger charge is -2.35. The molecule has 1 atom stereocenters. The van der Waals surface area contributed by atoms with Gasteiger partial charge in [-0.25, -0.2) is 4.79 Å². The number of carbonyl (C=O) groups excluding carboxylic acids is 2. The molecule has 178 valence electrons. The molecule has 5 nitrogen and oxygen atoms in total. The Morgan fingerprint density at radius 1 is 1.06 bits per heavy atom. The number of carbonyl (C=O) groups is 2. The third kappa shape index (κ3) is 4.49. The predicted octanol–water partition coefficient (Wildman–Crippen LogP) is 5.99. The normalized spacial score (nSPS) is 17.9. The number of benzene rings is 2. The Bertz CT molecular complexity index is 1240. The molecule has 2 aromatic carbocycles. The van der Waals surface area contributed by atoms with Gasteiger partial charge in [0.05, 0.1) is 12.7 Å². The van der Waals surface area contributed by atoms with E-state index >= 15 is 0 Å². The summed E-state index contributed by atoms with van der Waals surface area (Å²) in [7, 11) is 1.38. The van der Waals surface area contributed by atoms with Crippen molar-refractivity contribution in [2.45, 2.75) is 59.5 Å². The number of dihydropyridines is 1. The lowest BCUT2D eigenvalue weighted by Crippen LogP contribution is -2.34. The van der Waals surface area contributed by atoms with Crippen LogP contribution in [0.15, 0.2) is 52.9 Å². The quantitative estimate of drug-likeness (QED) is 0.534. The maximum Gasteiger partial charge on any atom is 0.336 e. The fourth-order valence-electron chi connectivity index (χ4n) is 4.99. The summed E-state index contributed by atoms with van der Waals surface area (Å²) in [5.41, 5.74) is 7.84. The van der Waals surface area contributed by atoms with Gasteiger partial charge in [-0.1, -0.05) is 23.7 Å². The van der Waals surface area contributed by atoms with E-state index in [2.05, 4.69) is 17.4 Å². The van der Waals surface area contributed by atoms with E-state index in [4.69, 9.17) is 21.1 Å². The van der Waals surface area contributed by atoms with Gasteiger partial charge in [0.1, 0.15) is 12.4 Å². The van der Waals surface area contributed by atoms with Crippen molar-refractivity contribution in [1.29, 1.82) is 0 Å². The topological polar surface area (TPSA) is 64.6 Å². The van der Waals surface area contributed by atoms with Gasteiger partial charge in [-0.05, 0) is 86.6 Å². The highest BCUT2D eigenvalue weighted by Gasteiger charge is 2.39. The number of aryl methyl sites for hydroxylation is 3. The largest absolute Gasteiger partial charge is 0.489 e. The van der Waals surface area contributed by atoms with Crippen LogP contribution in [-0.4, -0.2) is 18.9 Å². The number of Topliss-reactive ketones (excluding diaryl/α,β-unsaturated/α-hetero) is 1. The van der Waals surface area contributed by atoms with Crippen molar-refractivity contribution in [3.05, 3.63) is 85.7 Å². The van der Waals surface area contributed by atoms with Crippen molar-refractivity contribution in [2.75, 3.05) is 7.11 Å². The maximum atomic E-state index is 13.1. The molecule has 1 N–H and O–H groups in total. The van der Waals surface area contributed by atoms with Gasteiger partial charge < -0.3 is 14.8 Å². The standard InChI is InChI=1S/C28H30ClNO4/c1-15-11-16(2)21(13-19(15)14-34-24-10-9-20(29)12-17(24)3)26-25(28(32)33-5)18(4)30-22-7-6-8-23(31)27(22)26/h9-13,26,30H,6-8,14H2,1-5H3/t26-/m1/s1. The highest BCUT2D eigenvalue weighted by atomic mass is 35.5. The summed E-state index contributed by atoms with van der Waals surface area (Å²) in [5, 5.41) is 3.99. The van der Waals surface area contributed by atoms with Crippen LogP contribution in [-0.2, 0) is 20.9 Å². The molecule has 0 saturated heterocycles. The third-order valence-electron chi connectivity index (χ3n) is 6.74. The van der Waals surface area contributed by atoms with Gasteiger partial charge >= 0.3 is 5.97 Å². The summed E-state index contributed by atoms with van der Waals surface area (Å²) in [6.07, 6.45) is 2.09.